The number of methoxy groups -OCH3 is 1. The van der Waals surface area contributed by atoms with E-state index in [1.165, 1.54) is 19.4 Å². The third-order valence-electron chi connectivity index (χ3n) is 4.98. The predicted molar refractivity (Wildman–Crippen MR) is 94.8 cm³/mol. The molecule has 1 aromatic heterocycles. The molecule has 7 nitrogen and oxygen atoms in total. The van der Waals surface area contributed by atoms with Crippen molar-refractivity contribution in [3.63, 3.8) is 0 Å². The van der Waals surface area contributed by atoms with Crippen LogP contribution in [0.15, 0.2) is 17.1 Å². The maximum absolute atomic E-state index is 15.0. The number of aromatic nitrogens is 1. The maximum atomic E-state index is 15.0. The summed E-state index contributed by atoms with van der Waals surface area (Å²) in [5, 5.41) is 3.37. The van der Waals surface area contributed by atoms with E-state index in [9.17, 15) is 14.0 Å². The number of rotatable bonds is 2. The average molecular weight is 361 g/mol. The topological polar surface area (TPSA) is 72.8 Å². The highest BCUT2D eigenvalue weighted by atomic mass is 19.1. The third kappa shape index (κ3) is 2.44. The number of nitrogens with zero attached hydrogens (tertiary/aromatic N) is 2. The van der Waals surface area contributed by atoms with Gasteiger partial charge in [0.2, 0.25) is 5.43 Å². The number of piperazine rings is 1. The summed E-state index contributed by atoms with van der Waals surface area (Å²) in [6, 6.07) is 1.11. The highest BCUT2D eigenvalue weighted by Gasteiger charge is 2.30. The van der Waals surface area contributed by atoms with Gasteiger partial charge in [0, 0.05) is 32.4 Å². The van der Waals surface area contributed by atoms with E-state index in [-0.39, 0.29) is 17.0 Å². The van der Waals surface area contributed by atoms with Crippen LogP contribution in [0.3, 0.4) is 0 Å². The van der Waals surface area contributed by atoms with E-state index in [0.29, 0.717) is 36.6 Å². The molecule has 1 aromatic carbocycles. The lowest BCUT2D eigenvalue weighted by Crippen LogP contribution is -2.44. The molecule has 0 saturated carbocycles. The van der Waals surface area contributed by atoms with Gasteiger partial charge >= 0.3 is 5.97 Å². The molecule has 2 aromatic rings. The molecule has 1 atom stereocenters. The third-order valence-corrected chi connectivity index (χ3v) is 4.98. The van der Waals surface area contributed by atoms with E-state index in [2.05, 4.69) is 5.32 Å². The number of hydrogen-bond acceptors (Lipinski definition) is 6. The van der Waals surface area contributed by atoms with Gasteiger partial charge in [0.05, 0.1) is 24.1 Å². The lowest BCUT2D eigenvalue weighted by atomic mass is 10.1. The lowest BCUT2D eigenvalue weighted by Gasteiger charge is -2.34. The van der Waals surface area contributed by atoms with Crippen molar-refractivity contribution in [3.05, 3.63) is 33.9 Å². The summed E-state index contributed by atoms with van der Waals surface area (Å²) in [7, 11) is 1.22. The summed E-state index contributed by atoms with van der Waals surface area (Å²) >= 11 is 0. The fourth-order valence-corrected chi connectivity index (χ4v) is 3.65. The zero-order valence-electron chi connectivity index (χ0n) is 14.7. The Labute approximate surface area is 149 Å². The molecule has 0 aliphatic carbocycles. The Morgan fingerprint density at radius 3 is 2.81 bits per heavy atom. The van der Waals surface area contributed by atoms with Gasteiger partial charge in [-0.1, -0.05) is 0 Å². The molecule has 2 aliphatic heterocycles. The summed E-state index contributed by atoms with van der Waals surface area (Å²) < 4.78 is 27.4. The lowest BCUT2D eigenvalue weighted by molar-refractivity contribution is 0.0598. The number of pyridine rings is 1. The van der Waals surface area contributed by atoms with Gasteiger partial charge in [-0.2, -0.15) is 0 Å². The fourth-order valence-electron chi connectivity index (χ4n) is 3.65. The quantitative estimate of drug-likeness (QED) is 0.813. The van der Waals surface area contributed by atoms with Crippen LogP contribution in [0.1, 0.15) is 23.3 Å². The molecule has 4 rings (SSSR count). The molecule has 1 fully saturated rings. The Morgan fingerprint density at radius 1 is 1.38 bits per heavy atom. The number of hydrogen-bond donors (Lipinski definition) is 1. The standard InChI is InChI=1S/C18H20FN3O4/c1-10-9-26-17-14-11(16(23)12(8-22(10)14)18(24)25-2)7-13(19)15(17)21-5-3-20-4-6-21/h7-8,10,20H,3-6,9H2,1-2H3/t10-/m0/s1. The Hall–Kier alpha value is -2.61. The summed E-state index contributed by atoms with van der Waals surface area (Å²) in [4.78, 5) is 26.7. The number of carbonyl (C=O) groups is 1. The van der Waals surface area contributed by atoms with Crippen LogP contribution in [0.4, 0.5) is 10.1 Å². The number of nitrogens with one attached hydrogen (secondary N) is 1. The molecule has 0 spiro atoms. The van der Waals surface area contributed by atoms with Crippen molar-refractivity contribution in [1.29, 1.82) is 0 Å². The zero-order valence-corrected chi connectivity index (χ0v) is 14.7. The second-order valence-electron chi connectivity index (χ2n) is 6.60. The molecule has 1 N–H and O–H groups in total. The van der Waals surface area contributed by atoms with E-state index in [1.54, 1.807) is 0 Å². The molecule has 2 aliphatic rings. The highest BCUT2D eigenvalue weighted by molar-refractivity contribution is 5.97. The summed E-state index contributed by atoms with van der Waals surface area (Å²) in [5.41, 5.74) is 0.253. The number of halogens is 1. The van der Waals surface area contributed by atoms with Crippen molar-refractivity contribution < 1.29 is 18.7 Å². The first-order valence-electron chi connectivity index (χ1n) is 8.61. The van der Waals surface area contributed by atoms with Crippen LogP contribution in [0.25, 0.3) is 10.9 Å². The van der Waals surface area contributed by atoms with Gasteiger partial charge in [-0.25, -0.2) is 9.18 Å². The SMILES string of the molecule is COC(=O)c1cn2c3c(c(N4CCNCC4)c(F)cc3c1=O)OC[C@@H]2C. The van der Waals surface area contributed by atoms with Crippen LogP contribution in [0.2, 0.25) is 0 Å². The second kappa shape index (κ2) is 6.28. The number of carbonyl (C=O) groups excluding carboxylic acids is 1. The van der Waals surface area contributed by atoms with Crippen LogP contribution >= 0.6 is 0 Å². The molecule has 138 valence electrons. The van der Waals surface area contributed by atoms with Crippen molar-refractivity contribution in [2.24, 2.45) is 0 Å². The monoisotopic (exact) mass is 361 g/mol. The Bertz CT molecular complexity index is 950. The minimum absolute atomic E-state index is 0.102. The molecule has 0 unspecified atom stereocenters. The van der Waals surface area contributed by atoms with E-state index in [0.717, 1.165) is 13.1 Å². The smallest absolute Gasteiger partial charge is 0.343 e. The maximum Gasteiger partial charge on any atom is 0.343 e. The van der Waals surface area contributed by atoms with E-state index < -0.39 is 17.2 Å². The van der Waals surface area contributed by atoms with Gasteiger partial charge in [-0.05, 0) is 13.0 Å². The Kier molecular flexibility index (Phi) is 4.07. The predicted octanol–water partition coefficient (Wildman–Crippen LogP) is 1.29. The molecule has 26 heavy (non-hydrogen) atoms. The number of anilines is 1. The largest absolute Gasteiger partial charge is 0.487 e. The summed E-state index contributed by atoms with van der Waals surface area (Å²) in [6.07, 6.45) is 1.49. The molecule has 8 heteroatoms. The van der Waals surface area contributed by atoms with E-state index in [1.807, 2.05) is 16.4 Å². The normalized spacial score (nSPS) is 19.3. The van der Waals surface area contributed by atoms with Gasteiger partial charge in [-0.15, -0.1) is 0 Å². The van der Waals surface area contributed by atoms with Crippen molar-refractivity contribution in [3.8, 4) is 5.75 Å². The average Bonchev–Trinajstić information content (AvgIpc) is 2.66. The fraction of sp³-hybridized carbons (Fsp3) is 0.444. The van der Waals surface area contributed by atoms with Gasteiger partial charge in [0.15, 0.2) is 11.6 Å². The first kappa shape index (κ1) is 16.8. The molecular formula is C18H20FN3O4. The van der Waals surface area contributed by atoms with Crippen LogP contribution in [-0.4, -0.2) is 50.4 Å². The van der Waals surface area contributed by atoms with Gasteiger partial charge in [0.1, 0.15) is 17.9 Å². The van der Waals surface area contributed by atoms with Crippen molar-refractivity contribution in [2.75, 3.05) is 44.8 Å². The molecule has 0 bridgehead atoms. The molecule has 0 radical (unpaired) electrons. The minimum atomic E-state index is -0.729. The van der Waals surface area contributed by atoms with Crippen molar-refractivity contribution >= 4 is 22.6 Å². The summed E-state index contributed by atoms with van der Waals surface area (Å²) in [5.74, 6) is -0.879. The zero-order chi connectivity index (χ0) is 18.4. The van der Waals surface area contributed by atoms with Gasteiger partial charge < -0.3 is 24.3 Å². The van der Waals surface area contributed by atoms with E-state index >= 15 is 0 Å². The molecule has 0 amide bonds. The van der Waals surface area contributed by atoms with Gasteiger partial charge in [0.25, 0.3) is 0 Å². The van der Waals surface area contributed by atoms with Crippen LogP contribution in [0, 0.1) is 5.82 Å². The first-order chi connectivity index (χ1) is 12.5. The molecular weight excluding hydrogens is 341 g/mol. The second-order valence-corrected chi connectivity index (χ2v) is 6.60. The van der Waals surface area contributed by atoms with Crippen LogP contribution < -0.4 is 20.4 Å². The van der Waals surface area contributed by atoms with E-state index in [4.69, 9.17) is 9.47 Å². The Balaban J connectivity index is 2.04. The Morgan fingerprint density at radius 2 is 2.12 bits per heavy atom. The minimum Gasteiger partial charge on any atom is -0.487 e. The van der Waals surface area contributed by atoms with Crippen molar-refractivity contribution in [2.45, 2.75) is 13.0 Å². The first-order valence-corrected chi connectivity index (χ1v) is 8.61. The van der Waals surface area contributed by atoms with Crippen molar-refractivity contribution in [1.82, 2.24) is 9.88 Å². The number of esters is 1. The highest BCUT2D eigenvalue weighted by Crippen LogP contribution is 2.41. The molecule has 1 saturated heterocycles. The van der Waals surface area contributed by atoms with Crippen LogP contribution in [-0.2, 0) is 4.74 Å². The number of benzene rings is 1. The van der Waals surface area contributed by atoms with Crippen LogP contribution in [0.5, 0.6) is 5.75 Å². The molecule has 3 heterocycles. The van der Waals surface area contributed by atoms with Gasteiger partial charge in [-0.3, -0.25) is 4.79 Å². The number of ether oxygens (including phenoxy) is 2. The summed E-state index contributed by atoms with van der Waals surface area (Å²) in [6.45, 7) is 5.05.